The normalized spacial score (nSPS) is 12.4. The Labute approximate surface area is 180 Å². The summed E-state index contributed by atoms with van der Waals surface area (Å²) >= 11 is 0. The van der Waals surface area contributed by atoms with Gasteiger partial charge in [-0.25, -0.2) is 14.8 Å². The number of carboxylic acid groups (broad SMARTS) is 2. The van der Waals surface area contributed by atoms with Crippen LogP contribution in [0.25, 0.3) is 11.2 Å². The van der Waals surface area contributed by atoms with E-state index in [1.54, 1.807) is 0 Å². The van der Waals surface area contributed by atoms with E-state index < -0.39 is 35.9 Å². The summed E-state index contributed by atoms with van der Waals surface area (Å²) in [5, 5.41) is 22.9. The van der Waals surface area contributed by atoms with Gasteiger partial charge in [0.2, 0.25) is 11.9 Å². The van der Waals surface area contributed by atoms with Gasteiger partial charge in [0, 0.05) is 18.2 Å². The number of nitrogens with two attached hydrogens (primary N) is 1. The zero-order chi connectivity index (χ0) is 23.7. The molecule has 0 saturated carbocycles. The number of carbonyl (C=O) groups excluding carboxylic acids is 1. The summed E-state index contributed by atoms with van der Waals surface area (Å²) < 4.78 is 0. The van der Waals surface area contributed by atoms with E-state index in [9.17, 15) is 19.2 Å². The number of nitrogens with zero attached hydrogens (tertiary/aromatic N) is 3. The third-order valence-electron chi connectivity index (χ3n) is 3.96. The summed E-state index contributed by atoms with van der Waals surface area (Å²) in [6, 6.07) is -1.32. The molecule has 0 aliphatic heterocycles. The Morgan fingerprint density at radius 1 is 1.28 bits per heavy atom. The van der Waals surface area contributed by atoms with Crippen LogP contribution in [0.4, 0.5) is 5.95 Å². The summed E-state index contributed by atoms with van der Waals surface area (Å²) in [4.78, 5) is 59.9. The number of anilines is 1. The van der Waals surface area contributed by atoms with Gasteiger partial charge < -0.3 is 26.6 Å². The van der Waals surface area contributed by atoms with Crippen LogP contribution >= 0.6 is 0 Å². The van der Waals surface area contributed by atoms with Crippen molar-refractivity contribution in [2.45, 2.75) is 25.4 Å². The van der Waals surface area contributed by atoms with Crippen LogP contribution in [0, 0.1) is 0 Å². The molecule has 13 nitrogen and oxygen atoms in total. The Morgan fingerprint density at radius 3 is 2.69 bits per heavy atom. The quantitative estimate of drug-likeness (QED) is 0.191. The molecule has 2 aromatic heterocycles. The Bertz CT molecular complexity index is 1150. The average Bonchev–Trinajstić information content (AvgIpc) is 2.73. The molecule has 0 bridgehead atoms. The number of carboxylic acids is 2. The predicted molar refractivity (Wildman–Crippen MR) is 113 cm³/mol. The SMILES string of the molecule is C=C/C(=C\C=C\C(=O)NC(CCC(=O)O)C(=O)O)NCc1cnc2nc(N)[nH]c(=O)c2n1. The maximum Gasteiger partial charge on any atom is 0.326 e. The van der Waals surface area contributed by atoms with Gasteiger partial charge in [0.1, 0.15) is 6.04 Å². The number of H-pyrrole nitrogens is 1. The number of allylic oxidation sites excluding steroid dienone is 3. The minimum atomic E-state index is -1.33. The Balaban J connectivity index is 1.98. The zero-order valence-corrected chi connectivity index (χ0v) is 16.7. The van der Waals surface area contributed by atoms with Crippen molar-refractivity contribution in [3.8, 4) is 0 Å². The van der Waals surface area contributed by atoms with Gasteiger partial charge in [-0.15, -0.1) is 0 Å². The van der Waals surface area contributed by atoms with Crippen LogP contribution in [-0.2, 0) is 20.9 Å². The molecule has 0 fully saturated rings. The van der Waals surface area contributed by atoms with E-state index in [2.05, 4.69) is 37.1 Å². The Morgan fingerprint density at radius 2 is 2.03 bits per heavy atom. The number of nitrogen functional groups attached to an aromatic ring is 1. The lowest BCUT2D eigenvalue weighted by atomic mass is 10.1. The first-order chi connectivity index (χ1) is 15.2. The maximum atomic E-state index is 11.9. The first-order valence-electron chi connectivity index (χ1n) is 9.20. The van der Waals surface area contributed by atoms with Crippen molar-refractivity contribution in [2.24, 2.45) is 0 Å². The lowest BCUT2D eigenvalue weighted by Crippen LogP contribution is -2.40. The lowest BCUT2D eigenvalue weighted by molar-refractivity contribution is -0.142. The number of carbonyl (C=O) groups is 3. The molecule has 0 radical (unpaired) electrons. The van der Waals surface area contributed by atoms with Crippen LogP contribution in [-0.4, -0.2) is 54.0 Å². The second-order valence-electron chi connectivity index (χ2n) is 6.36. The van der Waals surface area contributed by atoms with Crippen LogP contribution in [0.5, 0.6) is 0 Å². The van der Waals surface area contributed by atoms with E-state index in [0.29, 0.717) is 11.4 Å². The van der Waals surface area contributed by atoms with E-state index in [1.807, 2.05) is 0 Å². The van der Waals surface area contributed by atoms with Crippen molar-refractivity contribution >= 4 is 35.0 Å². The van der Waals surface area contributed by atoms with Crippen molar-refractivity contribution in [3.05, 3.63) is 58.8 Å². The fourth-order valence-electron chi connectivity index (χ4n) is 2.43. The zero-order valence-electron chi connectivity index (χ0n) is 16.7. The number of hydrogen-bond donors (Lipinski definition) is 6. The van der Waals surface area contributed by atoms with Crippen LogP contribution in [0.2, 0.25) is 0 Å². The van der Waals surface area contributed by atoms with E-state index in [4.69, 9.17) is 15.9 Å². The van der Waals surface area contributed by atoms with Crippen molar-refractivity contribution in [1.29, 1.82) is 0 Å². The van der Waals surface area contributed by atoms with Gasteiger partial charge in [0.05, 0.1) is 18.4 Å². The highest BCUT2D eigenvalue weighted by atomic mass is 16.4. The molecule has 0 saturated heterocycles. The van der Waals surface area contributed by atoms with Gasteiger partial charge in [-0.1, -0.05) is 12.7 Å². The molecule has 1 unspecified atom stereocenters. The first-order valence-corrected chi connectivity index (χ1v) is 9.20. The van der Waals surface area contributed by atoms with Crippen molar-refractivity contribution in [2.75, 3.05) is 5.73 Å². The van der Waals surface area contributed by atoms with E-state index in [-0.39, 0.29) is 30.1 Å². The summed E-state index contributed by atoms with van der Waals surface area (Å²) in [6.07, 6.45) is 6.22. The molecule has 2 aromatic rings. The molecule has 0 aliphatic rings. The third-order valence-corrected chi connectivity index (χ3v) is 3.96. The van der Waals surface area contributed by atoms with E-state index in [1.165, 1.54) is 24.4 Å². The summed E-state index contributed by atoms with van der Waals surface area (Å²) in [6.45, 7) is 3.83. The summed E-state index contributed by atoms with van der Waals surface area (Å²) in [5.41, 5.74) is 6.04. The fourth-order valence-corrected chi connectivity index (χ4v) is 2.43. The van der Waals surface area contributed by atoms with Gasteiger partial charge in [-0.2, -0.15) is 4.98 Å². The lowest BCUT2D eigenvalue weighted by Gasteiger charge is -2.11. The molecule has 1 atom stereocenters. The standard InChI is InChI=1S/C19H21N7O6/c1-2-10(4-3-5-13(27)24-12(18(31)32)6-7-14(28)29)21-8-11-9-22-16-15(23-11)17(30)26-19(20)25-16/h2-5,9,12,21H,1,6-8H2,(H,24,27)(H,28,29)(H,31,32)(H3,20,22,25,26,30)/b5-3+,10-4+. The molecule has 13 heteroatoms. The minimum absolute atomic E-state index is 0.0371. The first kappa shape index (κ1) is 23.7. The maximum absolute atomic E-state index is 11.9. The number of nitrogens with one attached hydrogen (secondary N) is 3. The second kappa shape index (κ2) is 11.0. The molecule has 0 spiro atoms. The monoisotopic (exact) mass is 443 g/mol. The third kappa shape index (κ3) is 7.05. The highest BCUT2D eigenvalue weighted by Gasteiger charge is 2.19. The van der Waals surface area contributed by atoms with Crippen LogP contribution in [0.1, 0.15) is 18.5 Å². The second-order valence-corrected chi connectivity index (χ2v) is 6.36. The summed E-state index contributed by atoms with van der Waals surface area (Å²) in [5.74, 6) is -3.25. The fraction of sp³-hybridized carbons (Fsp3) is 0.211. The van der Waals surface area contributed by atoms with Crippen molar-refractivity contribution in [1.82, 2.24) is 30.6 Å². The Kier molecular flexibility index (Phi) is 8.16. The molecule has 2 heterocycles. The van der Waals surface area contributed by atoms with E-state index >= 15 is 0 Å². The summed E-state index contributed by atoms with van der Waals surface area (Å²) in [7, 11) is 0. The number of aliphatic carboxylic acids is 2. The van der Waals surface area contributed by atoms with Gasteiger partial charge in [-0.3, -0.25) is 19.4 Å². The van der Waals surface area contributed by atoms with E-state index in [0.717, 1.165) is 6.08 Å². The molecule has 168 valence electrons. The molecule has 2 rings (SSSR count). The number of hydrogen-bond acceptors (Lipinski definition) is 9. The topological polar surface area (TPSA) is 213 Å². The molecular formula is C19H21N7O6. The highest BCUT2D eigenvalue weighted by Crippen LogP contribution is 2.04. The molecule has 7 N–H and O–H groups in total. The molecule has 0 aromatic carbocycles. The number of aromatic nitrogens is 4. The number of amides is 1. The van der Waals surface area contributed by atoms with Gasteiger partial charge in [-0.05, 0) is 18.6 Å². The average molecular weight is 443 g/mol. The van der Waals surface area contributed by atoms with Crippen molar-refractivity contribution in [3.63, 3.8) is 0 Å². The van der Waals surface area contributed by atoms with Gasteiger partial charge >= 0.3 is 11.9 Å². The Hall–Kier alpha value is -4.55. The van der Waals surface area contributed by atoms with Crippen molar-refractivity contribution < 1.29 is 24.6 Å². The number of aromatic amines is 1. The van der Waals surface area contributed by atoms with Gasteiger partial charge in [0.25, 0.3) is 5.56 Å². The molecule has 1 amide bonds. The van der Waals surface area contributed by atoms with Gasteiger partial charge in [0.15, 0.2) is 11.2 Å². The molecular weight excluding hydrogens is 422 g/mol. The molecule has 32 heavy (non-hydrogen) atoms. The smallest absolute Gasteiger partial charge is 0.326 e. The molecule has 0 aliphatic carbocycles. The predicted octanol–water partition coefficient (Wildman–Crippen LogP) is -0.555. The minimum Gasteiger partial charge on any atom is -0.481 e. The highest BCUT2D eigenvalue weighted by molar-refractivity contribution is 5.91. The number of rotatable bonds is 11. The largest absolute Gasteiger partial charge is 0.481 e. The van der Waals surface area contributed by atoms with Crippen LogP contribution in [0.3, 0.4) is 0 Å². The van der Waals surface area contributed by atoms with Crippen LogP contribution < -0.4 is 21.9 Å². The number of fused-ring (bicyclic) bond motifs is 1. The van der Waals surface area contributed by atoms with Crippen LogP contribution in [0.15, 0.2) is 47.6 Å².